The summed E-state index contributed by atoms with van der Waals surface area (Å²) in [4.78, 5) is 10.9. The van der Waals surface area contributed by atoms with Crippen molar-refractivity contribution in [2.45, 2.75) is 64.7 Å². The SMILES string of the molecule is C1CCCC1.CC#CC(=O)NCCOCC1CCCC1.[Fe]. The van der Waals surface area contributed by atoms with E-state index in [4.69, 9.17) is 4.74 Å². The summed E-state index contributed by atoms with van der Waals surface area (Å²) in [5.41, 5.74) is 0. The summed E-state index contributed by atoms with van der Waals surface area (Å²) in [6.45, 7) is 3.64. The van der Waals surface area contributed by atoms with Crippen LogP contribution in [0, 0.1) is 17.8 Å². The van der Waals surface area contributed by atoms with Crippen LogP contribution in [0.5, 0.6) is 0 Å². The molecule has 122 valence electrons. The van der Waals surface area contributed by atoms with E-state index in [-0.39, 0.29) is 23.0 Å². The maximum atomic E-state index is 10.9. The standard InChI is InChI=1S/C12H19NO2.C5H10.Fe/c1-2-5-12(14)13-8-9-15-10-11-6-3-4-7-11;1-2-4-5-3-1;/h11H,3-4,6-10H2,1H3,(H,13,14);1-5H2;. The third-order valence-electron chi connectivity index (χ3n) is 3.85. The smallest absolute Gasteiger partial charge is 0.295 e. The Labute approximate surface area is 140 Å². The zero-order chi connectivity index (χ0) is 14.5. The number of carbonyl (C=O) groups is 1. The Morgan fingerprint density at radius 3 is 2.19 bits per heavy atom. The van der Waals surface area contributed by atoms with Gasteiger partial charge in [-0.2, -0.15) is 0 Å². The summed E-state index contributed by atoms with van der Waals surface area (Å²) < 4.78 is 5.48. The van der Waals surface area contributed by atoms with Gasteiger partial charge in [-0.1, -0.05) is 50.9 Å². The monoisotopic (exact) mass is 335 g/mol. The minimum absolute atomic E-state index is 0. The maximum Gasteiger partial charge on any atom is 0.295 e. The molecule has 1 N–H and O–H groups in total. The van der Waals surface area contributed by atoms with Gasteiger partial charge in [0, 0.05) is 30.2 Å². The van der Waals surface area contributed by atoms with E-state index in [1.807, 2.05) is 0 Å². The molecule has 0 spiro atoms. The predicted octanol–water partition coefficient (Wildman–Crippen LogP) is 3.28. The molecule has 0 unspecified atom stereocenters. The van der Waals surface area contributed by atoms with Crippen molar-refractivity contribution in [3.05, 3.63) is 0 Å². The van der Waals surface area contributed by atoms with E-state index in [2.05, 4.69) is 17.2 Å². The molecule has 1 amide bonds. The summed E-state index contributed by atoms with van der Waals surface area (Å²) in [6.07, 6.45) is 12.8. The molecule has 2 fully saturated rings. The fourth-order valence-electron chi connectivity index (χ4n) is 2.71. The van der Waals surface area contributed by atoms with Crippen molar-refractivity contribution in [3.63, 3.8) is 0 Å². The van der Waals surface area contributed by atoms with Crippen LogP contribution < -0.4 is 5.32 Å². The first-order chi connectivity index (χ1) is 9.83. The van der Waals surface area contributed by atoms with Crippen LogP contribution in [-0.2, 0) is 26.6 Å². The van der Waals surface area contributed by atoms with Crippen molar-refractivity contribution in [1.82, 2.24) is 5.32 Å². The molecule has 2 aliphatic rings. The van der Waals surface area contributed by atoms with E-state index < -0.39 is 0 Å². The third-order valence-corrected chi connectivity index (χ3v) is 3.85. The van der Waals surface area contributed by atoms with Gasteiger partial charge in [0.1, 0.15) is 0 Å². The molecule has 0 saturated heterocycles. The first kappa shape index (κ1) is 20.5. The first-order valence-electron chi connectivity index (χ1n) is 8.11. The second-order valence-electron chi connectivity index (χ2n) is 5.62. The molecule has 0 radical (unpaired) electrons. The minimum atomic E-state index is -0.220. The van der Waals surface area contributed by atoms with Crippen molar-refractivity contribution in [3.8, 4) is 11.8 Å². The van der Waals surface area contributed by atoms with Crippen LogP contribution in [-0.4, -0.2) is 25.7 Å². The number of amides is 1. The number of hydrogen-bond donors (Lipinski definition) is 1. The van der Waals surface area contributed by atoms with Crippen molar-refractivity contribution < 1.29 is 26.6 Å². The van der Waals surface area contributed by atoms with E-state index in [1.54, 1.807) is 6.92 Å². The normalized spacial score (nSPS) is 17.0. The van der Waals surface area contributed by atoms with Crippen LogP contribution in [0.4, 0.5) is 0 Å². The summed E-state index contributed by atoms with van der Waals surface area (Å²) in [7, 11) is 0. The second-order valence-corrected chi connectivity index (χ2v) is 5.62. The van der Waals surface area contributed by atoms with Crippen molar-refractivity contribution >= 4 is 5.91 Å². The van der Waals surface area contributed by atoms with Crippen LogP contribution in [0.2, 0.25) is 0 Å². The van der Waals surface area contributed by atoms with E-state index in [1.165, 1.54) is 57.8 Å². The Kier molecular flexibility index (Phi) is 14.1. The molecule has 3 nitrogen and oxygen atoms in total. The molecule has 0 atom stereocenters. The Bertz CT molecular complexity index is 305. The average Bonchev–Trinajstić information content (AvgIpc) is 3.15. The summed E-state index contributed by atoms with van der Waals surface area (Å²) in [5.74, 6) is 5.50. The van der Waals surface area contributed by atoms with Gasteiger partial charge in [-0.15, -0.1) is 0 Å². The van der Waals surface area contributed by atoms with Crippen molar-refractivity contribution in [2.75, 3.05) is 19.8 Å². The fourth-order valence-corrected chi connectivity index (χ4v) is 2.71. The molecule has 0 aromatic carbocycles. The minimum Gasteiger partial charge on any atom is -0.379 e. The van der Waals surface area contributed by atoms with E-state index in [9.17, 15) is 4.79 Å². The molecule has 0 heterocycles. The molecule has 4 heteroatoms. The largest absolute Gasteiger partial charge is 0.379 e. The zero-order valence-electron chi connectivity index (χ0n) is 13.2. The first-order valence-corrected chi connectivity index (χ1v) is 8.11. The van der Waals surface area contributed by atoms with Crippen molar-refractivity contribution in [2.24, 2.45) is 5.92 Å². The molecular formula is C17H29FeNO2. The molecule has 21 heavy (non-hydrogen) atoms. The average molecular weight is 335 g/mol. The van der Waals surface area contributed by atoms with Crippen LogP contribution in [0.25, 0.3) is 0 Å². The Hall–Kier alpha value is -0.491. The van der Waals surface area contributed by atoms with Crippen LogP contribution in [0.3, 0.4) is 0 Å². The molecule has 2 rings (SSSR count). The fraction of sp³-hybridized carbons (Fsp3) is 0.824. The molecule has 0 aromatic rings. The van der Waals surface area contributed by atoms with Gasteiger partial charge in [0.25, 0.3) is 5.91 Å². The van der Waals surface area contributed by atoms with E-state index in [0.29, 0.717) is 13.2 Å². The van der Waals surface area contributed by atoms with Gasteiger partial charge >= 0.3 is 0 Å². The van der Waals surface area contributed by atoms with Gasteiger partial charge in [0.2, 0.25) is 0 Å². The van der Waals surface area contributed by atoms with Gasteiger partial charge in [0.05, 0.1) is 6.61 Å². The Morgan fingerprint density at radius 1 is 1.10 bits per heavy atom. The zero-order valence-corrected chi connectivity index (χ0v) is 14.3. The molecule has 2 saturated carbocycles. The number of nitrogens with one attached hydrogen (secondary N) is 1. The molecular weight excluding hydrogens is 306 g/mol. The third kappa shape index (κ3) is 11.8. The topological polar surface area (TPSA) is 38.3 Å². The quantitative estimate of drug-likeness (QED) is 0.476. The van der Waals surface area contributed by atoms with Crippen molar-refractivity contribution in [1.29, 1.82) is 0 Å². The Balaban J connectivity index is 0.000000562. The van der Waals surface area contributed by atoms with Gasteiger partial charge < -0.3 is 10.1 Å². The predicted molar refractivity (Wildman–Crippen MR) is 82.3 cm³/mol. The number of rotatable bonds is 5. The molecule has 0 bridgehead atoms. The van der Waals surface area contributed by atoms with E-state index in [0.717, 1.165) is 12.5 Å². The summed E-state index contributed by atoms with van der Waals surface area (Å²) >= 11 is 0. The van der Waals surface area contributed by atoms with Crippen LogP contribution in [0.15, 0.2) is 0 Å². The van der Waals surface area contributed by atoms with Gasteiger partial charge in [-0.25, -0.2) is 0 Å². The Morgan fingerprint density at radius 2 is 1.67 bits per heavy atom. The number of hydrogen-bond acceptors (Lipinski definition) is 2. The summed E-state index contributed by atoms with van der Waals surface area (Å²) in [6, 6.07) is 0. The van der Waals surface area contributed by atoms with Gasteiger partial charge in [0.15, 0.2) is 0 Å². The molecule has 0 aromatic heterocycles. The maximum absolute atomic E-state index is 10.9. The summed E-state index contributed by atoms with van der Waals surface area (Å²) in [5, 5.41) is 2.67. The van der Waals surface area contributed by atoms with Crippen LogP contribution >= 0.6 is 0 Å². The van der Waals surface area contributed by atoms with Gasteiger partial charge in [-0.05, 0) is 31.6 Å². The van der Waals surface area contributed by atoms with E-state index >= 15 is 0 Å². The number of ether oxygens (including phenoxy) is 1. The van der Waals surface area contributed by atoms with Crippen LogP contribution in [0.1, 0.15) is 64.7 Å². The molecule has 2 aliphatic carbocycles. The second kappa shape index (κ2) is 14.4. The van der Waals surface area contributed by atoms with Gasteiger partial charge in [-0.3, -0.25) is 4.79 Å². The molecule has 0 aliphatic heterocycles. The number of carbonyl (C=O) groups excluding carboxylic acids is 1.